The van der Waals surface area contributed by atoms with Crippen LogP contribution in [0.2, 0.25) is 0 Å². The monoisotopic (exact) mass is 320 g/mol. The van der Waals surface area contributed by atoms with Crippen LogP contribution in [0.3, 0.4) is 0 Å². The number of unbranched alkanes of at least 4 members (excludes halogenated alkanes) is 1. The van der Waals surface area contributed by atoms with E-state index >= 15 is 0 Å². The number of rotatable bonds is 8. The number of benzene rings is 1. The minimum absolute atomic E-state index is 0.550. The van der Waals surface area contributed by atoms with E-state index in [0.29, 0.717) is 23.7 Å². The van der Waals surface area contributed by atoms with Crippen LogP contribution in [0.15, 0.2) is 18.2 Å². The molecule has 128 valence electrons. The summed E-state index contributed by atoms with van der Waals surface area (Å²) >= 11 is 0. The van der Waals surface area contributed by atoms with E-state index in [-0.39, 0.29) is 0 Å². The molecule has 23 heavy (non-hydrogen) atoms. The van der Waals surface area contributed by atoms with Crippen LogP contribution in [0, 0.1) is 11.8 Å². The van der Waals surface area contributed by atoms with E-state index in [0.717, 1.165) is 31.0 Å². The Morgan fingerprint density at radius 1 is 1.22 bits per heavy atom. The van der Waals surface area contributed by atoms with Crippen molar-refractivity contribution in [1.29, 1.82) is 0 Å². The summed E-state index contributed by atoms with van der Waals surface area (Å²) in [5, 5.41) is 0. The Morgan fingerprint density at radius 3 is 2.61 bits per heavy atom. The Morgan fingerprint density at radius 2 is 1.96 bits per heavy atom. The number of hydrogen-bond donors (Lipinski definition) is 1. The van der Waals surface area contributed by atoms with E-state index in [4.69, 9.17) is 9.47 Å². The molecule has 1 aliphatic rings. The molecule has 0 spiro atoms. The smallest absolute Gasteiger partial charge is 0.171 e. The molecule has 2 rings (SSSR count). The molecule has 0 aromatic heterocycles. The van der Waals surface area contributed by atoms with Crippen LogP contribution in [0.4, 0.5) is 0 Å². The first-order chi connectivity index (χ1) is 11.1. The summed E-state index contributed by atoms with van der Waals surface area (Å²) in [7, 11) is 1.60. The molecule has 0 saturated carbocycles. The van der Waals surface area contributed by atoms with E-state index in [1.807, 2.05) is 6.07 Å². The molecule has 1 heterocycles. The number of likely N-dealkylation sites (tertiary alicyclic amines) is 1. The van der Waals surface area contributed by atoms with E-state index in [1.165, 1.54) is 26.1 Å². The molecule has 1 aliphatic heterocycles. The number of para-hydroxylation sites is 1. The number of hydrogen-bond acceptors (Lipinski definition) is 3. The fraction of sp³-hybridized carbons (Fsp3) is 0.632. The molecule has 1 saturated heterocycles. The molecule has 1 aromatic carbocycles. The third-order valence-electron chi connectivity index (χ3n) is 4.61. The average Bonchev–Trinajstić information content (AvgIpc) is 2.53. The number of aldehydes is 1. The SMILES string of the molecule is COc1cccc(C=O)c1OCCCC[NH+]1C[C@H](C)C[C@@H](C)C1. The maximum Gasteiger partial charge on any atom is 0.171 e. The zero-order valence-corrected chi connectivity index (χ0v) is 14.6. The van der Waals surface area contributed by atoms with Crippen LogP contribution in [0.1, 0.15) is 43.5 Å². The standard InChI is InChI=1S/C19H29NO3/c1-15-11-16(2)13-20(12-15)9-4-5-10-23-19-17(14-21)7-6-8-18(19)22-3/h6-8,14-16H,4-5,9-13H2,1-3H3/p+1/t15-,16-/m1/s1. The highest BCUT2D eigenvalue weighted by Gasteiger charge is 2.24. The number of ether oxygens (including phenoxy) is 2. The first-order valence-electron chi connectivity index (χ1n) is 8.72. The van der Waals surface area contributed by atoms with Gasteiger partial charge in [0.05, 0.1) is 38.9 Å². The molecule has 0 unspecified atom stereocenters. The van der Waals surface area contributed by atoms with E-state index < -0.39 is 0 Å². The van der Waals surface area contributed by atoms with Gasteiger partial charge < -0.3 is 14.4 Å². The first-order valence-corrected chi connectivity index (χ1v) is 8.72. The lowest BCUT2D eigenvalue weighted by atomic mass is 9.92. The number of piperidine rings is 1. The number of carbonyl (C=O) groups excluding carboxylic acids is 1. The van der Waals surface area contributed by atoms with E-state index in [9.17, 15) is 4.79 Å². The maximum absolute atomic E-state index is 11.1. The zero-order valence-electron chi connectivity index (χ0n) is 14.6. The quantitative estimate of drug-likeness (QED) is 0.590. The van der Waals surface area contributed by atoms with Crippen molar-refractivity contribution in [3.05, 3.63) is 23.8 Å². The van der Waals surface area contributed by atoms with Gasteiger partial charge in [0, 0.05) is 11.8 Å². The molecule has 1 aromatic rings. The molecule has 4 heteroatoms. The van der Waals surface area contributed by atoms with Crippen LogP contribution in [0.5, 0.6) is 11.5 Å². The van der Waals surface area contributed by atoms with Crippen molar-refractivity contribution in [1.82, 2.24) is 0 Å². The van der Waals surface area contributed by atoms with Gasteiger partial charge in [0.2, 0.25) is 0 Å². The fourth-order valence-electron chi connectivity index (χ4n) is 3.72. The second kappa shape index (κ2) is 8.92. The van der Waals surface area contributed by atoms with Crippen molar-refractivity contribution < 1.29 is 19.2 Å². The van der Waals surface area contributed by atoms with Gasteiger partial charge in [-0.05, 0) is 31.4 Å². The van der Waals surface area contributed by atoms with Crippen LogP contribution < -0.4 is 14.4 Å². The Bertz CT molecular complexity index is 493. The minimum atomic E-state index is 0.550. The number of quaternary nitrogens is 1. The highest BCUT2D eigenvalue weighted by molar-refractivity contribution is 5.81. The van der Waals surface area contributed by atoms with Gasteiger partial charge in [-0.3, -0.25) is 4.79 Å². The normalized spacial score (nSPS) is 24.2. The average molecular weight is 320 g/mol. The lowest BCUT2D eigenvalue weighted by Gasteiger charge is -2.32. The molecule has 0 radical (unpaired) electrons. The third kappa shape index (κ3) is 5.24. The Kier molecular flexibility index (Phi) is 6.90. The Hall–Kier alpha value is -1.55. The van der Waals surface area contributed by atoms with Crippen molar-refractivity contribution in [2.45, 2.75) is 33.1 Å². The molecule has 0 aliphatic carbocycles. The highest BCUT2D eigenvalue weighted by atomic mass is 16.5. The summed E-state index contributed by atoms with van der Waals surface area (Å²) in [6.45, 7) is 9.16. The largest absolute Gasteiger partial charge is 0.493 e. The predicted octanol–water partition coefficient (Wildman–Crippen LogP) is 2.23. The second-order valence-corrected chi connectivity index (χ2v) is 6.91. The molecule has 0 bridgehead atoms. The van der Waals surface area contributed by atoms with Gasteiger partial charge in [-0.25, -0.2) is 0 Å². The Labute approximate surface area is 139 Å². The van der Waals surface area contributed by atoms with Crippen LogP contribution >= 0.6 is 0 Å². The molecule has 0 amide bonds. The maximum atomic E-state index is 11.1. The second-order valence-electron chi connectivity index (χ2n) is 6.91. The number of methoxy groups -OCH3 is 1. The Balaban J connectivity index is 1.74. The highest BCUT2D eigenvalue weighted by Crippen LogP contribution is 2.30. The summed E-state index contributed by atoms with van der Waals surface area (Å²) in [6, 6.07) is 5.38. The number of carbonyl (C=O) groups is 1. The lowest BCUT2D eigenvalue weighted by Crippen LogP contribution is -3.14. The topological polar surface area (TPSA) is 40.0 Å². The summed E-state index contributed by atoms with van der Waals surface area (Å²) in [5.41, 5.74) is 0.550. The van der Waals surface area contributed by atoms with Crippen molar-refractivity contribution in [2.24, 2.45) is 11.8 Å². The van der Waals surface area contributed by atoms with Crippen LogP contribution in [-0.2, 0) is 0 Å². The fourth-order valence-corrected chi connectivity index (χ4v) is 3.72. The molecular weight excluding hydrogens is 290 g/mol. The summed E-state index contributed by atoms with van der Waals surface area (Å²) < 4.78 is 11.1. The summed E-state index contributed by atoms with van der Waals surface area (Å²) in [4.78, 5) is 12.8. The van der Waals surface area contributed by atoms with Crippen molar-refractivity contribution in [3.63, 3.8) is 0 Å². The predicted molar refractivity (Wildman–Crippen MR) is 91.6 cm³/mol. The third-order valence-corrected chi connectivity index (χ3v) is 4.61. The minimum Gasteiger partial charge on any atom is -0.493 e. The molecule has 2 atom stereocenters. The molecule has 1 N–H and O–H groups in total. The lowest BCUT2D eigenvalue weighted by molar-refractivity contribution is -0.912. The van der Waals surface area contributed by atoms with Gasteiger partial charge in [0.1, 0.15) is 0 Å². The molecular formula is C19H30NO3+. The van der Waals surface area contributed by atoms with Crippen LogP contribution in [0.25, 0.3) is 0 Å². The van der Waals surface area contributed by atoms with Crippen molar-refractivity contribution >= 4 is 6.29 Å². The van der Waals surface area contributed by atoms with Crippen molar-refractivity contribution in [2.75, 3.05) is 33.4 Å². The number of nitrogens with one attached hydrogen (secondary N) is 1. The van der Waals surface area contributed by atoms with Gasteiger partial charge in [-0.15, -0.1) is 0 Å². The van der Waals surface area contributed by atoms with Gasteiger partial charge in [-0.1, -0.05) is 19.9 Å². The first kappa shape index (κ1) is 17.8. The molecule has 4 nitrogen and oxygen atoms in total. The van der Waals surface area contributed by atoms with Crippen molar-refractivity contribution in [3.8, 4) is 11.5 Å². The van der Waals surface area contributed by atoms with Gasteiger partial charge in [0.15, 0.2) is 17.8 Å². The summed E-state index contributed by atoms with van der Waals surface area (Å²) in [5.74, 6) is 2.87. The van der Waals surface area contributed by atoms with Gasteiger partial charge in [0.25, 0.3) is 0 Å². The van der Waals surface area contributed by atoms with Gasteiger partial charge >= 0.3 is 0 Å². The van der Waals surface area contributed by atoms with Gasteiger partial charge in [-0.2, -0.15) is 0 Å². The zero-order chi connectivity index (χ0) is 16.7. The van der Waals surface area contributed by atoms with Crippen LogP contribution in [-0.4, -0.2) is 39.6 Å². The van der Waals surface area contributed by atoms with E-state index in [2.05, 4.69) is 13.8 Å². The summed E-state index contributed by atoms with van der Waals surface area (Å²) in [6.07, 6.45) is 4.34. The van der Waals surface area contributed by atoms with E-state index in [1.54, 1.807) is 24.1 Å². The molecule has 1 fully saturated rings.